The minimum absolute atomic E-state index is 0.888. The smallest absolute Gasteiger partial charge is 0.0973 e. The lowest BCUT2D eigenvalue weighted by molar-refractivity contribution is 1.30. The van der Waals surface area contributed by atoms with E-state index in [4.69, 9.17) is 29.9 Å². The summed E-state index contributed by atoms with van der Waals surface area (Å²) in [6.45, 7) is 0. The Balaban J connectivity index is 0.000000108. The van der Waals surface area contributed by atoms with Crippen molar-refractivity contribution >= 4 is 171 Å². The van der Waals surface area contributed by atoms with E-state index in [9.17, 15) is 0 Å². The van der Waals surface area contributed by atoms with Crippen LogP contribution in [0.5, 0.6) is 0 Å². The molecular formula is C124H76N6S3. The maximum absolute atomic E-state index is 5.39. The van der Waals surface area contributed by atoms with E-state index in [0.717, 1.165) is 128 Å². The van der Waals surface area contributed by atoms with Crippen molar-refractivity contribution in [1.82, 2.24) is 29.9 Å². The fourth-order valence-electron chi connectivity index (χ4n) is 19.6. The second-order valence-corrected chi connectivity index (χ2v) is 36.9. The molecule has 21 aromatic carbocycles. The van der Waals surface area contributed by atoms with Gasteiger partial charge >= 0.3 is 0 Å². The van der Waals surface area contributed by atoms with Gasteiger partial charge in [0.1, 0.15) is 0 Å². The van der Waals surface area contributed by atoms with Crippen molar-refractivity contribution in [1.29, 1.82) is 0 Å². The summed E-state index contributed by atoms with van der Waals surface area (Å²) in [7, 11) is 0. The van der Waals surface area contributed by atoms with Gasteiger partial charge in [-0.15, -0.1) is 34.0 Å². The number of rotatable bonds is 11. The molecule has 0 spiro atoms. The highest BCUT2D eigenvalue weighted by Gasteiger charge is 2.24. The van der Waals surface area contributed by atoms with Gasteiger partial charge in [0.25, 0.3) is 0 Å². The summed E-state index contributed by atoms with van der Waals surface area (Å²) in [4.78, 5) is 31.5. The Hall–Kier alpha value is -16.7. The number of benzene rings is 21. The second kappa shape index (κ2) is 33.4. The molecule has 0 atom stereocenters. The van der Waals surface area contributed by atoms with Gasteiger partial charge < -0.3 is 0 Å². The highest BCUT2D eigenvalue weighted by atomic mass is 32.1. The van der Waals surface area contributed by atoms with Crippen molar-refractivity contribution in [3.63, 3.8) is 0 Å². The molecule has 9 heteroatoms. The van der Waals surface area contributed by atoms with Crippen LogP contribution in [0.15, 0.2) is 461 Å². The van der Waals surface area contributed by atoms with Crippen molar-refractivity contribution in [3.05, 3.63) is 461 Å². The molecule has 0 N–H and O–H groups in total. The molecule has 0 fully saturated rings. The maximum Gasteiger partial charge on any atom is 0.0973 e. The van der Waals surface area contributed by atoms with Crippen LogP contribution in [0.2, 0.25) is 0 Å². The second-order valence-electron chi connectivity index (χ2n) is 33.6. The van der Waals surface area contributed by atoms with Crippen LogP contribution in [0.25, 0.3) is 260 Å². The molecule has 6 nitrogen and oxygen atoms in total. The van der Waals surface area contributed by atoms with Crippen LogP contribution in [0.1, 0.15) is 0 Å². The van der Waals surface area contributed by atoms with Gasteiger partial charge in [-0.1, -0.05) is 394 Å². The molecule has 6 heterocycles. The number of fused-ring (bicyclic) bond motifs is 19. The van der Waals surface area contributed by atoms with E-state index >= 15 is 0 Å². The zero-order valence-corrected chi connectivity index (χ0v) is 74.2. The third-order valence-corrected chi connectivity index (χ3v) is 29.2. The molecule has 27 rings (SSSR count). The Kier molecular flexibility index (Phi) is 19.8. The van der Waals surface area contributed by atoms with Crippen molar-refractivity contribution < 1.29 is 0 Å². The molecule has 0 radical (unpaired) electrons. The minimum atomic E-state index is 0.888. The standard InChI is InChI=1S/C46H28N2S.C42H26N2S.C36H22N2S/c1-3-13-29(14-4-1)44-45(30-15-5-2-6-16-30)48-46-38-22-11-20-33(36(38)27-28-40(46)47-44)34-25-26-35(32-18-8-7-17-31(32)34)37-21-12-24-42-43(37)39-19-9-10-23-41(39)49-42;1-3-10-29(11-4-1)40-41(30-12-5-2-6-13-30)44-42-34-24-22-31(26-32(34)23-25-36(42)43-40)27-18-20-28(21-19-27)33-15-9-17-38-39(33)35-14-7-8-16-37(35)45-38;1-3-10-23(11-4-1)34-35(24-12-5-2-6-13-24)38-36-28-20-18-25(22-26(28)19-21-30(36)37-34)27-15-9-17-32-33(27)29-14-7-8-16-31(29)39-32/h1-28H;1-26H;1-22H. The van der Waals surface area contributed by atoms with Crippen LogP contribution in [-0.4, -0.2) is 29.9 Å². The third-order valence-electron chi connectivity index (χ3n) is 25.8. The molecule has 620 valence electrons. The zero-order chi connectivity index (χ0) is 87.8. The van der Waals surface area contributed by atoms with Crippen molar-refractivity contribution in [3.8, 4) is 123 Å². The maximum atomic E-state index is 5.39. The first-order valence-corrected chi connectivity index (χ1v) is 47.3. The highest BCUT2D eigenvalue weighted by Crippen LogP contribution is 2.49. The number of nitrogens with zero attached hydrogens (tertiary/aromatic N) is 6. The van der Waals surface area contributed by atoms with Gasteiger partial charge in [-0.2, -0.15) is 0 Å². The Morgan fingerprint density at radius 1 is 0.135 bits per heavy atom. The minimum Gasteiger partial charge on any atom is -0.244 e. The molecule has 0 amide bonds. The molecule has 0 aliphatic heterocycles. The van der Waals surface area contributed by atoms with Crippen LogP contribution in [0.4, 0.5) is 0 Å². The lowest BCUT2D eigenvalue weighted by Gasteiger charge is -2.16. The lowest BCUT2D eigenvalue weighted by atomic mass is 9.89. The van der Waals surface area contributed by atoms with E-state index in [-0.39, 0.29) is 0 Å². The van der Waals surface area contributed by atoms with Gasteiger partial charge in [-0.3, -0.25) is 0 Å². The number of aromatic nitrogens is 6. The summed E-state index contributed by atoms with van der Waals surface area (Å²) >= 11 is 5.58. The van der Waals surface area contributed by atoms with Crippen molar-refractivity contribution in [2.24, 2.45) is 0 Å². The summed E-state index contributed by atoms with van der Waals surface area (Å²) in [6.07, 6.45) is 0. The molecule has 0 unspecified atom stereocenters. The van der Waals surface area contributed by atoms with E-state index in [1.807, 2.05) is 70.4 Å². The quantitative estimate of drug-likeness (QED) is 0.120. The van der Waals surface area contributed by atoms with Gasteiger partial charge in [0, 0.05) is 110 Å². The SMILES string of the molecule is c1ccc(-c2nc3ccc4c(-c5ccc(-c6cccc7sc8ccccc8c67)c6ccccc56)cccc4c3nc2-c2ccccc2)cc1.c1ccc(-c2nc3ccc4cc(-c5ccc(-c6cccc7sc8ccccc8c67)cc5)ccc4c3nc2-c2ccccc2)cc1.c1ccc(-c2nc3ccc4cc(-c5cccc6sc7ccccc7c56)ccc4c3nc2-c2ccccc2)cc1. The average molecular weight is 1750 g/mol. The summed E-state index contributed by atoms with van der Waals surface area (Å²) in [5, 5.41) is 17.3. The molecule has 6 aromatic heterocycles. The lowest BCUT2D eigenvalue weighted by Crippen LogP contribution is -1.96. The Morgan fingerprint density at radius 2 is 0.398 bits per heavy atom. The summed E-state index contributed by atoms with van der Waals surface area (Å²) < 4.78 is 7.94. The number of hydrogen-bond acceptors (Lipinski definition) is 9. The molecule has 0 saturated heterocycles. The van der Waals surface area contributed by atoms with Gasteiger partial charge in [0.15, 0.2) is 0 Å². The van der Waals surface area contributed by atoms with Crippen molar-refractivity contribution in [2.45, 2.75) is 0 Å². The summed E-state index contributed by atoms with van der Waals surface area (Å²) in [5.41, 5.74) is 29.5. The summed E-state index contributed by atoms with van der Waals surface area (Å²) in [5.74, 6) is 0. The van der Waals surface area contributed by atoms with Crippen LogP contribution >= 0.6 is 34.0 Å². The number of thiophene rings is 3. The first kappa shape index (κ1) is 78.6. The Morgan fingerprint density at radius 3 is 0.820 bits per heavy atom. The van der Waals surface area contributed by atoms with Gasteiger partial charge in [0.2, 0.25) is 0 Å². The normalized spacial score (nSPS) is 11.6. The van der Waals surface area contributed by atoms with E-state index < -0.39 is 0 Å². The van der Waals surface area contributed by atoms with Gasteiger partial charge in [-0.25, -0.2) is 29.9 Å². The Labute approximate surface area is 778 Å². The van der Waals surface area contributed by atoms with E-state index in [1.54, 1.807) is 0 Å². The molecule has 27 aromatic rings. The molecule has 0 bridgehead atoms. The largest absolute Gasteiger partial charge is 0.244 e. The van der Waals surface area contributed by atoms with E-state index in [0.29, 0.717) is 0 Å². The van der Waals surface area contributed by atoms with Crippen LogP contribution < -0.4 is 0 Å². The average Bonchev–Trinajstić information content (AvgIpc) is 1.72. The number of hydrogen-bond donors (Lipinski definition) is 0. The van der Waals surface area contributed by atoms with Crippen LogP contribution in [-0.2, 0) is 0 Å². The molecular weight excluding hydrogens is 1670 g/mol. The van der Waals surface area contributed by atoms with E-state index in [1.165, 1.54) is 132 Å². The monoisotopic (exact) mass is 1740 g/mol. The summed E-state index contributed by atoms with van der Waals surface area (Å²) in [6, 6.07) is 164. The van der Waals surface area contributed by atoms with Gasteiger partial charge in [-0.05, 0) is 149 Å². The first-order chi connectivity index (χ1) is 65.9. The molecule has 0 aliphatic rings. The fraction of sp³-hybridized carbons (Fsp3) is 0. The molecule has 133 heavy (non-hydrogen) atoms. The van der Waals surface area contributed by atoms with Crippen LogP contribution in [0, 0.1) is 0 Å². The van der Waals surface area contributed by atoms with Crippen LogP contribution in [0.3, 0.4) is 0 Å². The predicted molar refractivity (Wildman–Crippen MR) is 567 cm³/mol. The zero-order valence-electron chi connectivity index (χ0n) is 71.8. The fourth-order valence-corrected chi connectivity index (χ4v) is 23.0. The first-order valence-electron chi connectivity index (χ1n) is 44.8. The highest BCUT2D eigenvalue weighted by molar-refractivity contribution is 7.26. The van der Waals surface area contributed by atoms with Crippen molar-refractivity contribution in [2.75, 3.05) is 0 Å². The Bertz CT molecular complexity index is 9240. The molecule has 0 saturated carbocycles. The van der Waals surface area contributed by atoms with Gasteiger partial charge in [0.05, 0.1) is 67.3 Å². The third kappa shape index (κ3) is 14.2. The molecule has 0 aliphatic carbocycles. The van der Waals surface area contributed by atoms with E-state index in [2.05, 4.69) is 425 Å². The topological polar surface area (TPSA) is 77.3 Å². The predicted octanol–water partition coefficient (Wildman–Crippen LogP) is 34.9.